The normalized spacial score (nSPS) is 15.0. The van der Waals surface area contributed by atoms with E-state index in [2.05, 4.69) is 36.5 Å². The Bertz CT molecular complexity index is 693. The molecule has 0 bridgehead atoms. The Morgan fingerprint density at radius 2 is 1.79 bits per heavy atom. The summed E-state index contributed by atoms with van der Waals surface area (Å²) in [5, 5.41) is 3.91. The number of carbonyl (C=O) groups excluding carboxylic acids is 1. The minimum atomic E-state index is -0.0394. The molecule has 2 aromatic carbocycles. The third-order valence-corrected chi connectivity index (χ3v) is 4.74. The second-order valence-electron chi connectivity index (χ2n) is 6.66. The van der Waals surface area contributed by atoms with E-state index in [1.165, 1.54) is 5.56 Å². The van der Waals surface area contributed by atoms with Crippen LogP contribution in [-0.2, 0) is 6.54 Å². The highest BCUT2D eigenvalue weighted by Gasteiger charge is 2.33. The number of hydrogen-bond donors (Lipinski definition) is 1. The van der Waals surface area contributed by atoms with Crippen LogP contribution in [0.5, 0.6) is 0 Å². The van der Waals surface area contributed by atoms with Gasteiger partial charge in [0.15, 0.2) is 0 Å². The molecule has 0 aromatic heterocycles. The molecule has 0 saturated heterocycles. The average molecular weight is 343 g/mol. The van der Waals surface area contributed by atoms with Crippen LogP contribution in [-0.4, -0.2) is 18.0 Å². The molecule has 24 heavy (non-hydrogen) atoms. The van der Waals surface area contributed by atoms with Crippen LogP contribution in [0.1, 0.15) is 35.6 Å². The lowest BCUT2D eigenvalue weighted by atomic mass is 10.0. The van der Waals surface area contributed by atoms with Crippen molar-refractivity contribution in [1.82, 2.24) is 10.2 Å². The summed E-state index contributed by atoms with van der Waals surface area (Å²) < 4.78 is 0. The summed E-state index contributed by atoms with van der Waals surface area (Å²) in [7, 11) is 1.83. The van der Waals surface area contributed by atoms with E-state index in [0.29, 0.717) is 12.5 Å². The topological polar surface area (TPSA) is 32.3 Å². The maximum Gasteiger partial charge on any atom is 0.317 e. The molecule has 2 amide bonds. The standard InChI is InChI=1S/C20H23ClN2O/c1-14-3-5-15(6-4-14)13-23(2)20(24)22-19(16-7-8-16)17-9-11-18(21)12-10-17/h3-6,9-12,16,19H,7-8,13H2,1-2H3,(H,22,24)/t19-/m0/s1. The first-order chi connectivity index (χ1) is 11.5. The molecule has 3 rings (SSSR count). The van der Waals surface area contributed by atoms with Crippen molar-refractivity contribution in [2.24, 2.45) is 5.92 Å². The summed E-state index contributed by atoms with van der Waals surface area (Å²) >= 11 is 5.97. The monoisotopic (exact) mass is 342 g/mol. The summed E-state index contributed by atoms with van der Waals surface area (Å²) in [6.07, 6.45) is 2.32. The second kappa shape index (κ2) is 7.27. The minimum Gasteiger partial charge on any atom is -0.331 e. The molecule has 0 unspecified atom stereocenters. The zero-order valence-corrected chi connectivity index (χ0v) is 14.9. The average Bonchev–Trinajstić information content (AvgIpc) is 3.40. The lowest BCUT2D eigenvalue weighted by Gasteiger charge is -2.24. The Morgan fingerprint density at radius 3 is 2.38 bits per heavy atom. The van der Waals surface area contributed by atoms with Gasteiger partial charge in [0.2, 0.25) is 0 Å². The number of hydrogen-bond acceptors (Lipinski definition) is 1. The Hall–Kier alpha value is -2.00. The van der Waals surface area contributed by atoms with Gasteiger partial charge in [-0.3, -0.25) is 0 Å². The predicted molar refractivity (Wildman–Crippen MR) is 98.1 cm³/mol. The van der Waals surface area contributed by atoms with E-state index >= 15 is 0 Å². The fraction of sp³-hybridized carbons (Fsp3) is 0.350. The van der Waals surface area contributed by atoms with E-state index in [1.807, 2.05) is 31.3 Å². The predicted octanol–water partition coefficient (Wildman–Crippen LogP) is 4.94. The van der Waals surface area contributed by atoms with Gasteiger partial charge in [0.25, 0.3) is 0 Å². The lowest BCUT2D eigenvalue weighted by Crippen LogP contribution is -2.39. The number of benzene rings is 2. The Kier molecular flexibility index (Phi) is 5.10. The number of nitrogens with zero attached hydrogens (tertiary/aromatic N) is 1. The van der Waals surface area contributed by atoms with Crippen LogP contribution in [0.2, 0.25) is 5.02 Å². The van der Waals surface area contributed by atoms with Gasteiger partial charge in [-0.05, 0) is 48.9 Å². The summed E-state index contributed by atoms with van der Waals surface area (Å²) in [5.41, 5.74) is 3.48. The molecular formula is C20H23ClN2O. The molecule has 3 nitrogen and oxygen atoms in total. The van der Waals surface area contributed by atoms with Gasteiger partial charge in [-0.2, -0.15) is 0 Å². The maximum atomic E-state index is 12.6. The third-order valence-electron chi connectivity index (χ3n) is 4.49. The van der Waals surface area contributed by atoms with Gasteiger partial charge in [-0.25, -0.2) is 4.79 Å². The van der Waals surface area contributed by atoms with Crippen LogP contribution in [0, 0.1) is 12.8 Å². The van der Waals surface area contributed by atoms with Gasteiger partial charge in [0.05, 0.1) is 6.04 Å². The first-order valence-corrected chi connectivity index (χ1v) is 8.73. The SMILES string of the molecule is Cc1ccc(CN(C)C(=O)N[C@H](c2ccc(Cl)cc2)C2CC2)cc1. The summed E-state index contributed by atoms with van der Waals surface area (Å²) in [6, 6.07) is 16.1. The number of carbonyl (C=O) groups is 1. The van der Waals surface area contributed by atoms with Crippen LogP contribution in [0.4, 0.5) is 4.79 Å². The van der Waals surface area contributed by atoms with E-state index in [-0.39, 0.29) is 12.1 Å². The highest BCUT2D eigenvalue weighted by Crippen LogP contribution is 2.41. The quantitative estimate of drug-likeness (QED) is 0.820. The van der Waals surface area contributed by atoms with Crippen molar-refractivity contribution in [2.75, 3.05) is 7.05 Å². The number of urea groups is 1. The molecule has 1 saturated carbocycles. The van der Waals surface area contributed by atoms with Crippen LogP contribution in [0.25, 0.3) is 0 Å². The Balaban J connectivity index is 1.64. The molecule has 0 aliphatic heterocycles. The first kappa shape index (κ1) is 16.8. The fourth-order valence-electron chi connectivity index (χ4n) is 2.86. The van der Waals surface area contributed by atoms with Crippen molar-refractivity contribution < 1.29 is 4.79 Å². The second-order valence-corrected chi connectivity index (χ2v) is 7.09. The van der Waals surface area contributed by atoms with E-state index < -0.39 is 0 Å². The minimum absolute atomic E-state index is 0.0394. The van der Waals surface area contributed by atoms with Crippen molar-refractivity contribution in [3.63, 3.8) is 0 Å². The number of nitrogens with one attached hydrogen (secondary N) is 1. The molecule has 1 aliphatic rings. The van der Waals surface area contributed by atoms with Crippen molar-refractivity contribution in [2.45, 2.75) is 32.4 Å². The maximum absolute atomic E-state index is 12.6. The molecule has 1 fully saturated rings. The molecule has 1 atom stereocenters. The molecule has 2 aromatic rings. The van der Waals surface area contributed by atoms with E-state index in [4.69, 9.17) is 11.6 Å². The molecule has 1 aliphatic carbocycles. The number of rotatable bonds is 5. The fourth-order valence-corrected chi connectivity index (χ4v) is 2.98. The molecule has 4 heteroatoms. The van der Waals surface area contributed by atoms with Gasteiger partial charge in [-0.1, -0.05) is 53.6 Å². The molecular weight excluding hydrogens is 320 g/mol. The van der Waals surface area contributed by atoms with Gasteiger partial charge in [-0.15, -0.1) is 0 Å². The van der Waals surface area contributed by atoms with Gasteiger partial charge < -0.3 is 10.2 Å². The van der Waals surface area contributed by atoms with Crippen LogP contribution in [0.3, 0.4) is 0 Å². The Labute approximate surface area is 148 Å². The zero-order chi connectivity index (χ0) is 17.1. The number of amides is 2. The van der Waals surface area contributed by atoms with Crippen molar-refractivity contribution in [3.05, 3.63) is 70.2 Å². The number of halogens is 1. The summed E-state index contributed by atoms with van der Waals surface area (Å²) in [6.45, 7) is 2.66. The number of aryl methyl sites for hydroxylation is 1. The van der Waals surface area contributed by atoms with E-state index in [1.54, 1.807) is 4.90 Å². The smallest absolute Gasteiger partial charge is 0.317 e. The highest BCUT2D eigenvalue weighted by molar-refractivity contribution is 6.30. The molecule has 1 N–H and O–H groups in total. The Morgan fingerprint density at radius 1 is 1.17 bits per heavy atom. The van der Waals surface area contributed by atoms with Crippen LogP contribution < -0.4 is 5.32 Å². The largest absolute Gasteiger partial charge is 0.331 e. The van der Waals surface area contributed by atoms with E-state index in [9.17, 15) is 4.79 Å². The van der Waals surface area contributed by atoms with Crippen LogP contribution in [0.15, 0.2) is 48.5 Å². The molecule has 0 radical (unpaired) electrons. The summed E-state index contributed by atoms with van der Waals surface area (Å²) in [4.78, 5) is 14.3. The molecule has 0 spiro atoms. The lowest BCUT2D eigenvalue weighted by molar-refractivity contribution is 0.201. The van der Waals surface area contributed by atoms with Crippen molar-refractivity contribution in [1.29, 1.82) is 0 Å². The van der Waals surface area contributed by atoms with Crippen LogP contribution >= 0.6 is 11.6 Å². The molecule has 126 valence electrons. The van der Waals surface area contributed by atoms with Gasteiger partial charge >= 0.3 is 6.03 Å². The van der Waals surface area contributed by atoms with Gasteiger partial charge in [0, 0.05) is 18.6 Å². The third kappa shape index (κ3) is 4.30. The first-order valence-electron chi connectivity index (χ1n) is 8.35. The van der Waals surface area contributed by atoms with E-state index in [0.717, 1.165) is 29.0 Å². The summed E-state index contributed by atoms with van der Waals surface area (Å²) in [5.74, 6) is 0.530. The highest BCUT2D eigenvalue weighted by atomic mass is 35.5. The van der Waals surface area contributed by atoms with Gasteiger partial charge in [0.1, 0.15) is 0 Å². The molecule has 0 heterocycles. The van der Waals surface area contributed by atoms with Crippen molar-refractivity contribution >= 4 is 17.6 Å². The zero-order valence-electron chi connectivity index (χ0n) is 14.1. The van der Waals surface area contributed by atoms with Crippen molar-refractivity contribution in [3.8, 4) is 0 Å².